The fourth-order valence-electron chi connectivity index (χ4n) is 3.19. The Morgan fingerprint density at radius 3 is 2.29 bits per heavy atom. The minimum Gasteiger partial charge on any atom is -0.460 e. The molecule has 186 valence electrons. The molecule has 1 N–H and O–H groups in total. The molecule has 2 rings (SSSR count). The number of carbonyl (C=O) groups is 5. The van der Waals surface area contributed by atoms with Gasteiger partial charge in [0.2, 0.25) is 0 Å². The summed E-state index contributed by atoms with van der Waals surface area (Å²) < 4.78 is 10.4. The maximum atomic E-state index is 12.6. The van der Waals surface area contributed by atoms with Crippen LogP contribution in [0.3, 0.4) is 0 Å². The van der Waals surface area contributed by atoms with E-state index in [1.807, 2.05) is 30.3 Å². The summed E-state index contributed by atoms with van der Waals surface area (Å²) in [6.07, 6.45) is 0.390. The highest BCUT2D eigenvalue weighted by Crippen LogP contribution is 2.21. The Hall–Kier alpha value is -3.43. The van der Waals surface area contributed by atoms with Crippen molar-refractivity contribution >= 4 is 29.8 Å². The first-order valence-electron chi connectivity index (χ1n) is 11.3. The van der Waals surface area contributed by atoms with Gasteiger partial charge in [0.05, 0.1) is 12.3 Å². The summed E-state index contributed by atoms with van der Waals surface area (Å²) in [5, 5.41) is 3.10. The Morgan fingerprint density at radius 2 is 1.68 bits per heavy atom. The normalized spacial score (nSPS) is 14.5. The third kappa shape index (κ3) is 9.60. The quantitative estimate of drug-likeness (QED) is 0.293. The van der Waals surface area contributed by atoms with E-state index in [9.17, 15) is 24.0 Å². The number of ether oxygens (including phenoxy) is 2. The van der Waals surface area contributed by atoms with E-state index in [0.717, 1.165) is 5.56 Å². The standard InChI is InChI=1S/C24H32N2O8/c1-24(2,3)33-21(29)15-18(22(30)34-26-19(27)12-13-20(26)28)11-7-8-14-25-23(31)32-16-17-9-5-4-6-10-17/h4-6,9-10,18H,7-8,11-16H2,1-3H3,(H,25,31). The minimum atomic E-state index is -0.902. The summed E-state index contributed by atoms with van der Waals surface area (Å²) >= 11 is 0. The second-order valence-electron chi connectivity index (χ2n) is 8.96. The van der Waals surface area contributed by atoms with Crippen LogP contribution in [0.25, 0.3) is 0 Å². The van der Waals surface area contributed by atoms with Crippen molar-refractivity contribution < 1.29 is 38.3 Å². The summed E-state index contributed by atoms with van der Waals surface area (Å²) in [6.45, 7) is 5.60. The summed E-state index contributed by atoms with van der Waals surface area (Å²) in [7, 11) is 0. The largest absolute Gasteiger partial charge is 0.460 e. The van der Waals surface area contributed by atoms with E-state index in [4.69, 9.17) is 14.3 Å². The highest BCUT2D eigenvalue weighted by Gasteiger charge is 2.35. The van der Waals surface area contributed by atoms with Gasteiger partial charge in [0.15, 0.2) is 0 Å². The number of rotatable bonds is 11. The van der Waals surface area contributed by atoms with Gasteiger partial charge in [-0.25, -0.2) is 9.59 Å². The molecule has 1 unspecified atom stereocenters. The Bertz CT molecular complexity index is 863. The number of hydrogen-bond donors (Lipinski definition) is 1. The van der Waals surface area contributed by atoms with E-state index < -0.39 is 41.4 Å². The van der Waals surface area contributed by atoms with Crippen molar-refractivity contribution in [1.82, 2.24) is 10.4 Å². The summed E-state index contributed by atoms with van der Waals surface area (Å²) in [5.74, 6) is -3.51. The van der Waals surface area contributed by atoms with Gasteiger partial charge < -0.3 is 19.6 Å². The molecule has 1 saturated heterocycles. The number of esters is 1. The fraction of sp³-hybridized carbons (Fsp3) is 0.542. The molecule has 0 bridgehead atoms. The number of nitrogens with zero attached hydrogens (tertiary/aromatic N) is 1. The zero-order valence-corrected chi connectivity index (χ0v) is 19.8. The highest BCUT2D eigenvalue weighted by atomic mass is 16.7. The van der Waals surface area contributed by atoms with Crippen LogP contribution < -0.4 is 5.32 Å². The lowest BCUT2D eigenvalue weighted by molar-refractivity contribution is -0.201. The molecule has 1 aromatic rings. The van der Waals surface area contributed by atoms with Crippen LogP contribution in [0.4, 0.5) is 4.79 Å². The number of hydrogen-bond acceptors (Lipinski definition) is 8. The first kappa shape index (κ1) is 26.8. The lowest BCUT2D eigenvalue weighted by atomic mass is 9.98. The fourth-order valence-corrected chi connectivity index (χ4v) is 3.19. The molecule has 1 aliphatic rings. The Kier molecular flexibility index (Phi) is 10.0. The third-order valence-electron chi connectivity index (χ3n) is 4.81. The molecule has 0 spiro atoms. The molecular weight excluding hydrogens is 444 g/mol. The van der Waals surface area contributed by atoms with Crippen LogP contribution in [0.5, 0.6) is 0 Å². The minimum absolute atomic E-state index is 0.0190. The van der Waals surface area contributed by atoms with Gasteiger partial charge in [0, 0.05) is 19.4 Å². The van der Waals surface area contributed by atoms with Crippen LogP contribution in [0.15, 0.2) is 30.3 Å². The van der Waals surface area contributed by atoms with Crippen LogP contribution in [-0.4, -0.2) is 47.1 Å². The summed E-state index contributed by atoms with van der Waals surface area (Å²) in [5.41, 5.74) is 0.146. The lowest BCUT2D eigenvalue weighted by Crippen LogP contribution is -2.36. The zero-order valence-electron chi connectivity index (χ0n) is 19.8. The molecule has 1 atom stereocenters. The van der Waals surface area contributed by atoms with Crippen LogP contribution in [0.2, 0.25) is 0 Å². The van der Waals surface area contributed by atoms with Gasteiger partial charge in [-0.05, 0) is 39.2 Å². The van der Waals surface area contributed by atoms with E-state index in [0.29, 0.717) is 24.4 Å². The molecule has 3 amide bonds. The molecule has 10 heteroatoms. The number of alkyl carbamates (subject to hydrolysis) is 1. The third-order valence-corrected chi connectivity index (χ3v) is 4.81. The number of hydroxylamine groups is 2. The van der Waals surface area contributed by atoms with Gasteiger partial charge in [-0.1, -0.05) is 36.8 Å². The van der Waals surface area contributed by atoms with Crippen molar-refractivity contribution in [2.75, 3.05) is 6.54 Å². The topological polar surface area (TPSA) is 128 Å². The van der Waals surface area contributed by atoms with E-state index >= 15 is 0 Å². The number of imide groups is 1. The van der Waals surface area contributed by atoms with Crippen molar-refractivity contribution in [3.05, 3.63) is 35.9 Å². The van der Waals surface area contributed by atoms with E-state index in [1.54, 1.807) is 20.8 Å². The van der Waals surface area contributed by atoms with E-state index in [1.165, 1.54) is 0 Å². The lowest BCUT2D eigenvalue weighted by Gasteiger charge is -2.22. The summed E-state index contributed by atoms with van der Waals surface area (Å²) in [4.78, 5) is 65.2. The predicted molar refractivity (Wildman–Crippen MR) is 120 cm³/mol. The molecule has 0 aliphatic carbocycles. The first-order chi connectivity index (χ1) is 16.0. The van der Waals surface area contributed by atoms with Gasteiger partial charge in [-0.2, -0.15) is 0 Å². The molecule has 34 heavy (non-hydrogen) atoms. The highest BCUT2D eigenvalue weighted by molar-refractivity contribution is 6.01. The van der Waals surface area contributed by atoms with Gasteiger partial charge in [0.1, 0.15) is 12.2 Å². The van der Waals surface area contributed by atoms with Crippen molar-refractivity contribution in [3.63, 3.8) is 0 Å². The number of carbonyl (C=O) groups excluding carboxylic acids is 5. The molecule has 0 saturated carbocycles. The zero-order chi connectivity index (χ0) is 25.1. The Balaban J connectivity index is 1.80. The van der Waals surface area contributed by atoms with Crippen LogP contribution >= 0.6 is 0 Å². The number of amides is 3. The van der Waals surface area contributed by atoms with Crippen LogP contribution in [0, 0.1) is 5.92 Å². The van der Waals surface area contributed by atoms with Crippen LogP contribution in [0.1, 0.15) is 64.9 Å². The van der Waals surface area contributed by atoms with E-state index in [-0.39, 0.29) is 32.3 Å². The van der Waals surface area contributed by atoms with Crippen molar-refractivity contribution in [2.45, 2.75) is 71.5 Å². The monoisotopic (exact) mass is 476 g/mol. The first-order valence-corrected chi connectivity index (χ1v) is 11.3. The maximum Gasteiger partial charge on any atom is 0.407 e. The molecule has 0 aromatic heterocycles. The molecular formula is C24H32N2O8. The van der Waals surface area contributed by atoms with Crippen LogP contribution in [-0.2, 0) is 40.1 Å². The van der Waals surface area contributed by atoms with Gasteiger partial charge in [-0.15, -0.1) is 5.06 Å². The SMILES string of the molecule is CC(C)(C)OC(=O)CC(CCCCNC(=O)OCc1ccccc1)C(=O)ON1C(=O)CCC1=O. The van der Waals surface area contributed by atoms with Gasteiger partial charge >= 0.3 is 18.0 Å². The average Bonchev–Trinajstić information content (AvgIpc) is 3.08. The Labute approximate surface area is 198 Å². The smallest absolute Gasteiger partial charge is 0.407 e. The molecule has 1 fully saturated rings. The maximum absolute atomic E-state index is 12.6. The number of benzene rings is 1. The molecule has 0 radical (unpaired) electrons. The molecule has 1 aromatic carbocycles. The Morgan fingerprint density at radius 1 is 1.03 bits per heavy atom. The molecule has 10 nitrogen and oxygen atoms in total. The second kappa shape index (κ2) is 12.7. The number of nitrogens with one attached hydrogen (secondary N) is 1. The van der Waals surface area contributed by atoms with E-state index in [2.05, 4.69) is 5.32 Å². The van der Waals surface area contributed by atoms with Gasteiger partial charge in [0.25, 0.3) is 11.8 Å². The summed E-state index contributed by atoms with van der Waals surface area (Å²) in [6, 6.07) is 9.27. The average molecular weight is 477 g/mol. The van der Waals surface area contributed by atoms with Crippen molar-refractivity contribution in [3.8, 4) is 0 Å². The van der Waals surface area contributed by atoms with Crippen molar-refractivity contribution in [1.29, 1.82) is 0 Å². The molecule has 1 aliphatic heterocycles. The van der Waals surface area contributed by atoms with Crippen molar-refractivity contribution in [2.24, 2.45) is 5.92 Å². The predicted octanol–water partition coefficient (Wildman–Crippen LogP) is 3.04. The number of unbranched alkanes of at least 4 members (excludes halogenated alkanes) is 1. The second-order valence-corrected chi connectivity index (χ2v) is 8.96. The van der Waals surface area contributed by atoms with Gasteiger partial charge in [-0.3, -0.25) is 14.4 Å². The molecule has 1 heterocycles.